The van der Waals surface area contributed by atoms with Crippen LogP contribution in [0, 0.1) is 33.5 Å². The number of nitrogens with one attached hydrogen (secondary N) is 1. The third-order valence-electron chi connectivity index (χ3n) is 6.62. The van der Waals surface area contributed by atoms with E-state index in [1.54, 1.807) is 12.1 Å². The fourth-order valence-corrected chi connectivity index (χ4v) is 5.74. The summed E-state index contributed by atoms with van der Waals surface area (Å²) in [7, 11) is -3.89. The fraction of sp³-hybridized carbons (Fsp3) is 0.296. The predicted molar refractivity (Wildman–Crippen MR) is 137 cm³/mol. The lowest BCUT2D eigenvalue weighted by Gasteiger charge is -2.36. The number of nitrogens with zero attached hydrogens (tertiary/aromatic N) is 2. The summed E-state index contributed by atoms with van der Waals surface area (Å²) in [5.41, 5.74) is 5.51. The zero-order valence-electron chi connectivity index (χ0n) is 20.4. The van der Waals surface area contributed by atoms with Gasteiger partial charge in [0, 0.05) is 37.6 Å². The van der Waals surface area contributed by atoms with Crippen LogP contribution in [-0.4, -0.2) is 44.8 Å². The molecule has 1 aliphatic heterocycles. The lowest BCUT2D eigenvalue weighted by Crippen LogP contribution is -2.48. The Bertz CT molecular complexity index is 1380. The molecule has 0 spiro atoms. The van der Waals surface area contributed by atoms with Gasteiger partial charge >= 0.3 is 0 Å². The lowest BCUT2D eigenvalue weighted by atomic mass is 10.1. The molecule has 0 unspecified atom stereocenters. The molecule has 1 aliphatic rings. The lowest BCUT2D eigenvalue weighted by molar-refractivity contribution is 0.102. The maximum atomic E-state index is 14.6. The molecule has 1 amide bonds. The number of sulfonamides is 1. The van der Waals surface area contributed by atoms with Gasteiger partial charge in [0.15, 0.2) is 0 Å². The Labute approximate surface area is 206 Å². The standard InChI is InChI=1S/C27H30FN3O3S/c1-18-8-9-20(3)26(16-18)30-12-14-31(15-13-30)35(33,34)22-10-11-24(28)23(17-22)27(32)29-25-7-5-6-19(2)21(25)4/h5-11,16-17H,12-15H2,1-4H3,(H,29,32). The van der Waals surface area contributed by atoms with Gasteiger partial charge in [-0.15, -0.1) is 0 Å². The highest BCUT2D eigenvalue weighted by Crippen LogP contribution is 2.26. The first kappa shape index (κ1) is 24.9. The average Bonchev–Trinajstić information content (AvgIpc) is 2.83. The van der Waals surface area contributed by atoms with Crippen LogP contribution in [0.5, 0.6) is 0 Å². The van der Waals surface area contributed by atoms with Crippen molar-refractivity contribution in [2.45, 2.75) is 32.6 Å². The van der Waals surface area contributed by atoms with Crippen LogP contribution >= 0.6 is 0 Å². The molecule has 1 heterocycles. The third kappa shape index (κ3) is 5.09. The maximum Gasteiger partial charge on any atom is 0.258 e. The van der Waals surface area contributed by atoms with E-state index < -0.39 is 21.7 Å². The number of carbonyl (C=O) groups excluding carboxylic acids is 1. The smallest absolute Gasteiger partial charge is 0.258 e. The molecule has 0 atom stereocenters. The van der Waals surface area contributed by atoms with E-state index >= 15 is 0 Å². The van der Waals surface area contributed by atoms with Crippen LogP contribution in [0.15, 0.2) is 59.5 Å². The van der Waals surface area contributed by atoms with Gasteiger partial charge in [-0.2, -0.15) is 4.31 Å². The number of halogens is 1. The molecule has 0 aromatic heterocycles. The number of aryl methyl sites for hydroxylation is 3. The molecular weight excluding hydrogens is 465 g/mol. The molecule has 1 saturated heterocycles. The number of hydrogen-bond acceptors (Lipinski definition) is 4. The van der Waals surface area contributed by atoms with Crippen molar-refractivity contribution in [1.82, 2.24) is 4.31 Å². The van der Waals surface area contributed by atoms with Crippen LogP contribution < -0.4 is 10.2 Å². The van der Waals surface area contributed by atoms with Gasteiger partial charge in [0.2, 0.25) is 10.0 Å². The summed E-state index contributed by atoms with van der Waals surface area (Å²) in [5.74, 6) is -1.46. The van der Waals surface area contributed by atoms with Crippen molar-refractivity contribution in [2.24, 2.45) is 0 Å². The van der Waals surface area contributed by atoms with E-state index in [1.165, 1.54) is 10.4 Å². The molecule has 0 bridgehead atoms. The van der Waals surface area contributed by atoms with Crippen molar-refractivity contribution in [1.29, 1.82) is 0 Å². The number of benzene rings is 3. The predicted octanol–water partition coefficient (Wildman–Crippen LogP) is 4.82. The monoisotopic (exact) mass is 495 g/mol. The van der Waals surface area contributed by atoms with Gasteiger partial charge in [0.25, 0.3) is 5.91 Å². The molecule has 8 heteroatoms. The second kappa shape index (κ2) is 9.79. The SMILES string of the molecule is Cc1ccc(C)c(N2CCN(S(=O)(=O)c3ccc(F)c(C(=O)Nc4cccc(C)c4C)c3)CC2)c1. The molecule has 4 rings (SSSR count). The van der Waals surface area contributed by atoms with Crippen LogP contribution in [0.4, 0.5) is 15.8 Å². The molecule has 1 fully saturated rings. The van der Waals surface area contributed by atoms with Crippen LogP contribution in [-0.2, 0) is 10.0 Å². The van der Waals surface area contributed by atoms with Crippen molar-refractivity contribution >= 4 is 27.3 Å². The Morgan fingerprint density at radius 3 is 2.31 bits per heavy atom. The van der Waals surface area contributed by atoms with Gasteiger partial charge in [-0.3, -0.25) is 4.79 Å². The highest BCUT2D eigenvalue weighted by Gasteiger charge is 2.30. The molecule has 0 saturated carbocycles. The summed E-state index contributed by atoms with van der Waals surface area (Å²) in [6.45, 7) is 9.55. The molecule has 0 aliphatic carbocycles. The number of anilines is 2. The number of amides is 1. The van der Waals surface area contributed by atoms with Crippen LogP contribution in [0.25, 0.3) is 0 Å². The van der Waals surface area contributed by atoms with Gasteiger partial charge in [-0.25, -0.2) is 12.8 Å². The highest BCUT2D eigenvalue weighted by molar-refractivity contribution is 7.89. The van der Waals surface area contributed by atoms with Crippen LogP contribution in [0.1, 0.15) is 32.6 Å². The van der Waals surface area contributed by atoms with Crippen molar-refractivity contribution < 1.29 is 17.6 Å². The van der Waals surface area contributed by atoms with Gasteiger partial charge < -0.3 is 10.2 Å². The molecule has 6 nitrogen and oxygen atoms in total. The number of carbonyl (C=O) groups is 1. The first-order valence-electron chi connectivity index (χ1n) is 11.6. The minimum atomic E-state index is -3.89. The Morgan fingerprint density at radius 1 is 0.886 bits per heavy atom. The van der Waals surface area contributed by atoms with E-state index in [0.717, 1.165) is 40.1 Å². The van der Waals surface area contributed by atoms with E-state index in [1.807, 2.05) is 33.8 Å². The van der Waals surface area contributed by atoms with E-state index in [0.29, 0.717) is 31.9 Å². The minimum Gasteiger partial charge on any atom is -0.369 e. The summed E-state index contributed by atoms with van der Waals surface area (Å²) in [4.78, 5) is 14.9. The zero-order valence-corrected chi connectivity index (χ0v) is 21.2. The Balaban J connectivity index is 1.53. The van der Waals surface area contributed by atoms with Crippen molar-refractivity contribution in [3.63, 3.8) is 0 Å². The summed E-state index contributed by atoms with van der Waals surface area (Å²) < 4.78 is 42.7. The van der Waals surface area contributed by atoms with E-state index in [-0.39, 0.29) is 10.5 Å². The van der Waals surface area contributed by atoms with E-state index in [2.05, 4.69) is 28.4 Å². The van der Waals surface area contributed by atoms with Crippen LogP contribution in [0.3, 0.4) is 0 Å². The van der Waals surface area contributed by atoms with E-state index in [4.69, 9.17) is 0 Å². The van der Waals surface area contributed by atoms with Crippen LogP contribution in [0.2, 0.25) is 0 Å². The average molecular weight is 496 g/mol. The number of rotatable bonds is 5. The largest absolute Gasteiger partial charge is 0.369 e. The van der Waals surface area contributed by atoms with Gasteiger partial charge in [-0.05, 0) is 80.3 Å². The Hall–Kier alpha value is -3.23. The van der Waals surface area contributed by atoms with Gasteiger partial charge in [0.1, 0.15) is 5.82 Å². The molecule has 35 heavy (non-hydrogen) atoms. The topological polar surface area (TPSA) is 69.7 Å². The number of piperazine rings is 1. The third-order valence-corrected chi connectivity index (χ3v) is 8.51. The molecule has 1 N–H and O–H groups in total. The summed E-state index contributed by atoms with van der Waals surface area (Å²) in [6.07, 6.45) is 0. The first-order chi connectivity index (χ1) is 16.6. The highest BCUT2D eigenvalue weighted by atomic mass is 32.2. The Morgan fingerprint density at radius 2 is 1.60 bits per heavy atom. The first-order valence-corrected chi connectivity index (χ1v) is 13.0. The van der Waals surface area contributed by atoms with Crippen molar-refractivity contribution in [3.05, 3.63) is 88.2 Å². The minimum absolute atomic E-state index is 0.0924. The molecule has 3 aromatic carbocycles. The number of hydrogen-bond donors (Lipinski definition) is 1. The zero-order chi connectivity index (χ0) is 25.3. The van der Waals surface area contributed by atoms with Crippen molar-refractivity contribution in [3.8, 4) is 0 Å². The maximum absolute atomic E-state index is 14.6. The normalized spacial score (nSPS) is 14.7. The molecule has 184 valence electrons. The van der Waals surface area contributed by atoms with E-state index in [9.17, 15) is 17.6 Å². The van der Waals surface area contributed by atoms with Gasteiger partial charge in [0.05, 0.1) is 10.5 Å². The summed E-state index contributed by atoms with van der Waals surface area (Å²) in [5, 5.41) is 2.71. The molecular formula is C27H30FN3O3S. The summed E-state index contributed by atoms with van der Waals surface area (Å²) >= 11 is 0. The summed E-state index contributed by atoms with van der Waals surface area (Å²) in [6, 6.07) is 15.1. The molecule has 0 radical (unpaired) electrons. The van der Waals surface area contributed by atoms with Crippen molar-refractivity contribution in [2.75, 3.05) is 36.4 Å². The second-order valence-electron chi connectivity index (χ2n) is 9.02. The van der Waals surface area contributed by atoms with Gasteiger partial charge in [-0.1, -0.05) is 24.3 Å². The Kier molecular flexibility index (Phi) is 6.96. The molecule has 3 aromatic rings. The quantitative estimate of drug-likeness (QED) is 0.551. The second-order valence-corrected chi connectivity index (χ2v) is 11.0. The fourth-order valence-electron chi connectivity index (χ4n) is 4.29.